The van der Waals surface area contributed by atoms with E-state index >= 15 is 0 Å². The molecule has 21 heavy (non-hydrogen) atoms. The number of hydrogen-bond donors (Lipinski definition) is 2. The van der Waals surface area contributed by atoms with Crippen molar-refractivity contribution < 1.29 is 23.1 Å². The molecule has 2 unspecified atom stereocenters. The van der Waals surface area contributed by atoms with Crippen molar-refractivity contribution in [1.29, 1.82) is 0 Å². The largest absolute Gasteiger partial charge is 0.478 e. The van der Waals surface area contributed by atoms with Gasteiger partial charge in [-0.3, -0.25) is 5.10 Å². The molecular formula is C12H19N3O5S. The molecule has 8 nitrogen and oxygen atoms in total. The summed E-state index contributed by atoms with van der Waals surface area (Å²) < 4.78 is 32.3. The van der Waals surface area contributed by atoms with Crippen LogP contribution in [0.1, 0.15) is 36.3 Å². The third-order valence-electron chi connectivity index (χ3n) is 3.57. The molecule has 9 heteroatoms. The van der Waals surface area contributed by atoms with Crippen LogP contribution in [-0.2, 0) is 14.8 Å². The van der Waals surface area contributed by atoms with Gasteiger partial charge in [0.15, 0.2) is 0 Å². The maximum absolute atomic E-state index is 12.8. The monoisotopic (exact) mass is 317 g/mol. The van der Waals surface area contributed by atoms with Crippen molar-refractivity contribution >= 4 is 16.0 Å². The number of carboxylic acid groups (broad SMARTS) is 1. The number of aromatic amines is 1. The molecule has 1 aromatic rings. The number of nitrogens with zero attached hydrogens (tertiary/aromatic N) is 2. The summed E-state index contributed by atoms with van der Waals surface area (Å²) in [5.74, 6) is -1.31. The number of morpholine rings is 1. The number of sulfonamides is 1. The Bertz CT molecular complexity index is 639. The number of carboxylic acids is 1. The van der Waals surface area contributed by atoms with Gasteiger partial charge in [-0.15, -0.1) is 0 Å². The van der Waals surface area contributed by atoms with Gasteiger partial charge >= 0.3 is 5.97 Å². The zero-order chi connectivity index (χ0) is 15.8. The van der Waals surface area contributed by atoms with E-state index in [1.165, 1.54) is 11.2 Å². The molecule has 0 saturated carbocycles. The van der Waals surface area contributed by atoms with Gasteiger partial charge in [-0.1, -0.05) is 6.92 Å². The molecule has 0 aromatic carbocycles. The number of H-pyrrole nitrogens is 1. The fraction of sp³-hybridized carbons (Fsp3) is 0.667. The van der Waals surface area contributed by atoms with Crippen molar-refractivity contribution in [2.45, 2.75) is 44.4 Å². The minimum absolute atomic E-state index is 0.186. The van der Waals surface area contributed by atoms with Gasteiger partial charge in [0.2, 0.25) is 5.03 Å². The van der Waals surface area contributed by atoms with Gasteiger partial charge in [-0.25, -0.2) is 13.2 Å². The zero-order valence-corrected chi connectivity index (χ0v) is 13.0. The van der Waals surface area contributed by atoms with Crippen LogP contribution in [0.15, 0.2) is 5.03 Å². The second kappa shape index (κ2) is 5.74. The van der Waals surface area contributed by atoms with E-state index < -0.39 is 21.0 Å². The van der Waals surface area contributed by atoms with Crippen LogP contribution in [0, 0.1) is 6.92 Å². The van der Waals surface area contributed by atoms with Crippen LogP contribution >= 0.6 is 0 Å². The Morgan fingerprint density at radius 3 is 2.81 bits per heavy atom. The Morgan fingerprint density at radius 2 is 2.24 bits per heavy atom. The van der Waals surface area contributed by atoms with E-state index in [4.69, 9.17) is 4.74 Å². The molecule has 0 radical (unpaired) electrons. The van der Waals surface area contributed by atoms with E-state index in [1.54, 1.807) is 6.92 Å². The Labute approximate surface area is 123 Å². The molecule has 2 atom stereocenters. The maximum Gasteiger partial charge on any atom is 0.340 e. The normalized spacial score (nSPS) is 24.1. The summed E-state index contributed by atoms with van der Waals surface area (Å²) in [4.78, 5) is 11.3. The molecule has 2 heterocycles. The molecule has 2 rings (SSSR count). The number of rotatable bonds is 4. The smallest absolute Gasteiger partial charge is 0.340 e. The Balaban J connectivity index is 2.48. The second-order valence-electron chi connectivity index (χ2n) is 5.11. The molecule has 0 amide bonds. The summed E-state index contributed by atoms with van der Waals surface area (Å²) in [6, 6.07) is -0.315. The first-order valence-corrected chi connectivity index (χ1v) is 8.14. The van der Waals surface area contributed by atoms with Crippen molar-refractivity contribution in [2.24, 2.45) is 0 Å². The predicted molar refractivity (Wildman–Crippen MR) is 73.7 cm³/mol. The van der Waals surface area contributed by atoms with Crippen LogP contribution in [0.2, 0.25) is 0 Å². The molecule has 1 fully saturated rings. The molecule has 1 aliphatic rings. The number of aryl methyl sites for hydroxylation is 1. The molecule has 1 saturated heterocycles. The van der Waals surface area contributed by atoms with Crippen LogP contribution in [0.5, 0.6) is 0 Å². The number of hydrogen-bond acceptors (Lipinski definition) is 5. The van der Waals surface area contributed by atoms with Crippen LogP contribution in [0.4, 0.5) is 0 Å². The fourth-order valence-corrected chi connectivity index (χ4v) is 4.28. The lowest BCUT2D eigenvalue weighted by Crippen LogP contribution is -2.51. The maximum atomic E-state index is 12.8. The van der Waals surface area contributed by atoms with Gasteiger partial charge in [-0.05, 0) is 20.3 Å². The van der Waals surface area contributed by atoms with Gasteiger partial charge in [-0.2, -0.15) is 9.40 Å². The highest BCUT2D eigenvalue weighted by Crippen LogP contribution is 2.26. The van der Waals surface area contributed by atoms with E-state index in [2.05, 4.69) is 10.2 Å². The van der Waals surface area contributed by atoms with E-state index in [-0.39, 0.29) is 29.9 Å². The van der Waals surface area contributed by atoms with Crippen molar-refractivity contribution in [3.63, 3.8) is 0 Å². The van der Waals surface area contributed by atoms with Crippen molar-refractivity contribution in [2.75, 3.05) is 13.2 Å². The van der Waals surface area contributed by atoms with Crippen LogP contribution in [0.25, 0.3) is 0 Å². The lowest BCUT2D eigenvalue weighted by atomic mass is 10.2. The average molecular weight is 317 g/mol. The first-order chi connectivity index (χ1) is 9.78. The highest BCUT2D eigenvalue weighted by atomic mass is 32.2. The first kappa shape index (κ1) is 15.9. The van der Waals surface area contributed by atoms with Gasteiger partial charge < -0.3 is 9.84 Å². The molecule has 1 aromatic heterocycles. The minimum atomic E-state index is -3.98. The van der Waals surface area contributed by atoms with Gasteiger partial charge in [0.05, 0.1) is 12.7 Å². The summed E-state index contributed by atoms with van der Waals surface area (Å²) in [6.45, 7) is 5.60. The molecule has 0 bridgehead atoms. The van der Waals surface area contributed by atoms with E-state index in [0.717, 1.165) is 0 Å². The predicted octanol–water partition coefficient (Wildman–Crippen LogP) is 0.604. The zero-order valence-electron chi connectivity index (χ0n) is 12.2. The summed E-state index contributed by atoms with van der Waals surface area (Å²) in [7, 11) is -3.98. The third kappa shape index (κ3) is 2.81. The number of carbonyl (C=O) groups is 1. The highest BCUT2D eigenvalue weighted by molar-refractivity contribution is 7.89. The Morgan fingerprint density at radius 1 is 1.57 bits per heavy atom. The van der Waals surface area contributed by atoms with Crippen molar-refractivity contribution in [1.82, 2.24) is 14.5 Å². The van der Waals surface area contributed by atoms with Gasteiger partial charge in [0, 0.05) is 18.3 Å². The summed E-state index contributed by atoms with van der Waals surface area (Å²) in [5.41, 5.74) is -0.0839. The van der Waals surface area contributed by atoms with Crippen molar-refractivity contribution in [3.8, 4) is 0 Å². The molecule has 2 N–H and O–H groups in total. The lowest BCUT2D eigenvalue weighted by Gasteiger charge is -2.36. The molecule has 0 aliphatic carbocycles. The number of nitrogens with one attached hydrogen (secondary N) is 1. The van der Waals surface area contributed by atoms with Crippen LogP contribution < -0.4 is 0 Å². The standard InChI is InChI=1S/C12H19N3O5S/c1-4-9-6-20-7(2)5-15(9)21(18,19)11-10(12(16)17)8(3)13-14-11/h7,9H,4-6H2,1-3H3,(H,13,14)(H,16,17). The summed E-state index contributed by atoms with van der Waals surface area (Å²) in [6.07, 6.45) is 0.341. The molecule has 118 valence electrons. The number of aromatic carboxylic acids is 1. The first-order valence-electron chi connectivity index (χ1n) is 6.70. The van der Waals surface area contributed by atoms with Gasteiger partial charge in [0.1, 0.15) is 5.56 Å². The third-order valence-corrected chi connectivity index (χ3v) is 5.42. The van der Waals surface area contributed by atoms with Crippen molar-refractivity contribution in [3.05, 3.63) is 11.3 Å². The minimum Gasteiger partial charge on any atom is -0.478 e. The number of ether oxygens (including phenoxy) is 1. The summed E-state index contributed by atoms with van der Waals surface area (Å²) >= 11 is 0. The average Bonchev–Trinajstić information content (AvgIpc) is 2.81. The SMILES string of the molecule is CCC1COC(C)CN1S(=O)(=O)c1n[nH]c(C)c1C(=O)O. The number of aromatic nitrogens is 2. The second-order valence-corrected chi connectivity index (χ2v) is 6.92. The summed E-state index contributed by atoms with van der Waals surface area (Å²) in [5, 5.41) is 14.9. The van der Waals surface area contributed by atoms with E-state index in [9.17, 15) is 18.3 Å². The fourth-order valence-electron chi connectivity index (χ4n) is 2.39. The van der Waals surface area contributed by atoms with Gasteiger partial charge in [0.25, 0.3) is 10.0 Å². The highest BCUT2D eigenvalue weighted by Gasteiger charge is 2.39. The molecule has 0 spiro atoms. The lowest BCUT2D eigenvalue weighted by molar-refractivity contribution is -0.0231. The molecule has 1 aliphatic heterocycles. The van der Waals surface area contributed by atoms with Crippen LogP contribution in [-0.4, -0.2) is 59.3 Å². The molecular weight excluding hydrogens is 298 g/mol. The quantitative estimate of drug-likeness (QED) is 0.841. The Kier molecular flexibility index (Phi) is 4.35. The van der Waals surface area contributed by atoms with E-state index in [1.807, 2.05) is 6.92 Å². The van der Waals surface area contributed by atoms with E-state index in [0.29, 0.717) is 13.0 Å². The Hall–Kier alpha value is -1.45. The topological polar surface area (TPSA) is 113 Å². The van der Waals surface area contributed by atoms with Crippen LogP contribution in [0.3, 0.4) is 0 Å².